The first-order chi connectivity index (χ1) is 9.38. The molecule has 0 fully saturated rings. The van der Waals surface area contributed by atoms with Crippen LogP contribution < -0.4 is 5.32 Å². The highest BCUT2D eigenvalue weighted by Gasteiger charge is 2.11. The summed E-state index contributed by atoms with van der Waals surface area (Å²) in [7, 11) is 0. The Bertz CT molecular complexity index is 682. The van der Waals surface area contributed by atoms with Crippen molar-refractivity contribution in [2.24, 2.45) is 0 Å². The number of hydrogen-bond donors (Lipinski definition) is 2. The molecular weight excluding hydrogens is 246 g/mol. The number of rotatable bonds is 4. The Morgan fingerprint density at radius 3 is 2.63 bits per heavy atom. The summed E-state index contributed by atoms with van der Waals surface area (Å²) in [6.07, 6.45) is 0. The molecule has 8 heteroatoms. The van der Waals surface area contributed by atoms with E-state index in [9.17, 15) is 0 Å². The quantitative estimate of drug-likeness (QED) is 0.677. The van der Waals surface area contributed by atoms with Gasteiger partial charge < -0.3 is 10.4 Å². The second-order valence-electron chi connectivity index (χ2n) is 3.78. The summed E-state index contributed by atoms with van der Waals surface area (Å²) in [5.41, 5.74) is 0.892. The molecule has 0 aliphatic rings. The van der Waals surface area contributed by atoms with Crippen molar-refractivity contribution in [1.82, 2.24) is 30.0 Å². The average molecular weight is 257 g/mol. The number of anilines is 1. The molecule has 2 aromatic heterocycles. The Morgan fingerprint density at radius 1 is 1.05 bits per heavy atom. The van der Waals surface area contributed by atoms with Crippen molar-refractivity contribution in [3.05, 3.63) is 30.3 Å². The minimum absolute atomic E-state index is 0.00484. The van der Waals surface area contributed by atoms with E-state index in [1.54, 1.807) is 0 Å². The van der Waals surface area contributed by atoms with Gasteiger partial charge in [0, 0.05) is 12.1 Å². The zero-order chi connectivity index (χ0) is 13.1. The van der Waals surface area contributed by atoms with Crippen LogP contribution in [0.15, 0.2) is 30.3 Å². The summed E-state index contributed by atoms with van der Waals surface area (Å²) in [6, 6.07) is 9.58. The molecule has 0 aliphatic carbocycles. The molecule has 19 heavy (non-hydrogen) atoms. The van der Waals surface area contributed by atoms with Crippen LogP contribution in [0.1, 0.15) is 0 Å². The maximum Gasteiger partial charge on any atom is 0.291 e. The highest BCUT2D eigenvalue weighted by Crippen LogP contribution is 2.15. The predicted molar refractivity (Wildman–Crippen MR) is 67.4 cm³/mol. The third-order valence-electron chi connectivity index (χ3n) is 2.48. The van der Waals surface area contributed by atoms with Gasteiger partial charge in [0.2, 0.25) is 0 Å². The number of aliphatic hydroxyl groups excluding tert-OH is 1. The number of nitrogens with one attached hydrogen (secondary N) is 1. The van der Waals surface area contributed by atoms with Gasteiger partial charge in [-0.2, -0.15) is 4.52 Å². The second-order valence-corrected chi connectivity index (χ2v) is 3.78. The Balaban J connectivity index is 2.05. The number of aliphatic hydroxyl groups is 1. The number of benzene rings is 1. The monoisotopic (exact) mass is 257 g/mol. The first kappa shape index (κ1) is 11.5. The molecule has 1 aromatic carbocycles. The van der Waals surface area contributed by atoms with Gasteiger partial charge in [-0.05, 0) is 0 Å². The van der Waals surface area contributed by atoms with Gasteiger partial charge in [0.05, 0.1) is 6.61 Å². The number of aromatic nitrogens is 6. The van der Waals surface area contributed by atoms with Crippen LogP contribution in [0.4, 0.5) is 5.95 Å². The zero-order valence-corrected chi connectivity index (χ0v) is 9.93. The molecule has 0 bridgehead atoms. The number of hydrogen-bond acceptors (Lipinski definition) is 7. The Labute approximate surface area is 108 Å². The molecular formula is C11H11N7O. The van der Waals surface area contributed by atoms with Crippen LogP contribution in [0, 0.1) is 0 Å². The molecule has 2 N–H and O–H groups in total. The standard InChI is InChI=1S/C11H11N7O/c19-7-6-12-10-14-16-11-15-13-9(18(11)17-10)8-4-2-1-3-5-8/h1-5,19H,6-7H2,(H,12,17). The normalized spacial score (nSPS) is 10.8. The summed E-state index contributed by atoms with van der Waals surface area (Å²) in [5, 5.41) is 31.6. The molecule has 2 heterocycles. The van der Waals surface area contributed by atoms with Gasteiger partial charge in [-0.15, -0.1) is 25.5 Å². The van der Waals surface area contributed by atoms with Gasteiger partial charge in [0.15, 0.2) is 5.82 Å². The molecule has 0 radical (unpaired) electrons. The molecule has 8 nitrogen and oxygen atoms in total. The van der Waals surface area contributed by atoms with E-state index < -0.39 is 0 Å². The molecule has 96 valence electrons. The number of fused-ring (bicyclic) bond motifs is 1. The predicted octanol–water partition coefficient (Wildman–Crippen LogP) is -0.0145. The van der Waals surface area contributed by atoms with E-state index in [2.05, 4.69) is 30.8 Å². The van der Waals surface area contributed by atoms with Crippen LogP contribution in [0.2, 0.25) is 0 Å². The molecule has 3 aromatic rings. The Hall–Kier alpha value is -2.61. The average Bonchev–Trinajstić information content (AvgIpc) is 2.89. The first-order valence-corrected chi connectivity index (χ1v) is 5.75. The van der Waals surface area contributed by atoms with Crippen molar-refractivity contribution < 1.29 is 5.11 Å². The van der Waals surface area contributed by atoms with Crippen LogP contribution in [-0.4, -0.2) is 48.3 Å². The van der Waals surface area contributed by atoms with Gasteiger partial charge in [-0.25, -0.2) is 0 Å². The molecule has 0 spiro atoms. The maximum atomic E-state index is 8.76. The van der Waals surface area contributed by atoms with E-state index in [1.807, 2.05) is 30.3 Å². The highest BCUT2D eigenvalue weighted by molar-refractivity contribution is 5.57. The molecule has 0 saturated carbocycles. The Kier molecular flexibility index (Phi) is 2.99. The van der Waals surface area contributed by atoms with Gasteiger partial charge in [0.1, 0.15) is 0 Å². The van der Waals surface area contributed by atoms with Crippen molar-refractivity contribution in [3.63, 3.8) is 0 Å². The third kappa shape index (κ3) is 2.20. The van der Waals surface area contributed by atoms with Crippen molar-refractivity contribution in [2.75, 3.05) is 18.5 Å². The maximum absolute atomic E-state index is 8.76. The van der Waals surface area contributed by atoms with E-state index >= 15 is 0 Å². The Morgan fingerprint density at radius 2 is 1.84 bits per heavy atom. The molecule has 0 atom stereocenters. The fourth-order valence-electron chi connectivity index (χ4n) is 1.64. The van der Waals surface area contributed by atoms with Crippen LogP contribution >= 0.6 is 0 Å². The minimum Gasteiger partial charge on any atom is -0.395 e. The summed E-state index contributed by atoms with van der Waals surface area (Å²) in [6.45, 7) is 0.352. The van der Waals surface area contributed by atoms with E-state index in [1.165, 1.54) is 4.52 Å². The minimum atomic E-state index is -0.00484. The van der Waals surface area contributed by atoms with E-state index in [0.29, 0.717) is 24.1 Å². The lowest BCUT2D eigenvalue weighted by Gasteiger charge is -2.02. The molecule has 3 rings (SSSR count). The lowest BCUT2D eigenvalue weighted by Crippen LogP contribution is -2.12. The lowest BCUT2D eigenvalue weighted by atomic mass is 10.2. The van der Waals surface area contributed by atoms with Crippen molar-refractivity contribution in [3.8, 4) is 11.4 Å². The largest absolute Gasteiger partial charge is 0.395 e. The van der Waals surface area contributed by atoms with Crippen molar-refractivity contribution in [1.29, 1.82) is 0 Å². The topological polar surface area (TPSA) is 101 Å². The first-order valence-electron chi connectivity index (χ1n) is 5.75. The van der Waals surface area contributed by atoms with E-state index in [0.717, 1.165) is 5.56 Å². The van der Waals surface area contributed by atoms with Crippen LogP contribution in [0.3, 0.4) is 0 Å². The van der Waals surface area contributed by atoms with Crippen LogP contribution in [-0.2, 0) is 0 Å². The molecule has 0 aliphatic heterocycles. The van der Waals surface area contributed by atoms with E-state index in [-0.39, 0.29) is 6.61 Å². The number of nitrogens with zero attached hydrogens (tertiary/aromatic N) is 6. The van der Waals surface area contributed by atoms with Crippen molar-refractivity contribution in [2.45, 2.75) is 0 Å². The molecule has 0 unspecified atom stereocenters. The van der Waals surface area contributed by atoms with Gasteiger partial charge in [-0.3, -0.25) is 0 Å². The van der Waals surface area contributed by atoms with Crippen LogP contribution in [0.5, 0.6) is 0 Å². The molecule has 0 saturated heterocycles. The fraction of sp³-hybridized carbons (Fsp3) is 0.182. The summed E-state index contributed by atoms with van der Waals surface area (Å²) in [4.78, 5) is 0. The van der Waals surface area contributed by atoms with Crippen molar-refractivity contribution >= 4 is 11.7 Å². The third-order valence-corrected chi connectivity index (χ3v) is 2.48. The summed E-state index contributed by atoms with van der Waals surface area (Å²) < 4.78 is 1.52. The second kappa shape index (κ2) is 4.94. The zero-order valence-electron chi connectivity index (χ0n) is 9.93. The lowest BCUT2D eigenvalue weighted by molar-refractivity contribution is 0.310. The van der Waals surface area contributed by atoms with Gasteiger partial charge in [-0.1, -0.05) is 30.3 Å². The van der Waals surface area contributed by atoms with E-state index in [4.69, 9.17) is 5.11 Å². The highest BCUT2D eigenvalue weighted by atomic mass is 16.3. The molecule has 0 amide bonds. The van der Waals surface area contributed by atoms with Gasteiger partial charge >= 0.3 is 0 Å². The summed E-state index contributed by atoms with van der Waals surface area (Å²) in [5.74, 6) is 1.24. The summed E-state index contributed by atoms with van der Waals surface area (Å²) >= 11 is 0. The SMILES string of the molecule is OCCNc1nnc2nnc(-c3ccccc3)n2n1. The van der Waals surface area contributed by atoms with Gasteiger partial charge in [0.25, 0.3) is 11.7 Å². The fourth-order valence-corrected chi connectivity index (χ4v) is 1.64. The van der Waals surface area contributed by atoms with Crippen LogP contribution in [0.25, 0.3) is 17.2 Å². The smallest absolute Gasteiger partial charge is 0.291 e.